The Bertz CT molecular complexity index is 386. The van der Waals surface area contributed by atoms with E-state index in [1.165, 1.54) is 0 Å². The van der Waals surface area contributed by atoms with Gasteiger partial charge in [0, 0.05) is 24.8 Å². The molecule has 2 rings (SSSR count). The Hall–Kier alpha value is -0.830. The lowest BCUT2D eigenvalue weighted by atomic mass is 9.94. The van der Waals surface area contributed by atoms with Gasteiger partial charge in [-0.1, -0.05) is 18.5 Å². The van der Waals surface area contributed by atoms with E-state index in [9.17, 15) is 4.79 Å². The molecule has 0 bridgehead atoms. The molecule has 0 aliphatic heterocycles. The summed E-state index contributed by atoms with van der Waals surface area (Å²) in [6.07, 6.45) is 3.26. The van der Waals surface area contributed by atoms with Crippen LogP contribution in [0, 0.1) is 5.92 Å². The molecule has 1 aliphatic rings. The van der Waals surface area contributed by atoms with E-state index in [-0.39, 0.29) is 11.8 Å². The maximum Gasteiger partial charge on any atom is 0.136 e. The standard InChI is InChI=1S/C11H15ClN2O/c1-3-14-11(9(12)6-13-14)8-4-5-10(15)7(8)2/h6-8H,3-5H2,1-2H3. The van der Waals surface area contributed by atoms with Crippen molar-refractivity contribution in [3.05, 3.63) is 16.9 Å². The quantitative estimate of drug-likeness (QED) is 0.777. The summed E-state index contributed by atoms with van der Waals surface area (Å²) in [4.78, 5) is 11.5. The van der Waals surface area contributed by atoms with E-state index in [4.69, 9.17) is 11.6 Å². The second kappa shape index (κ2) is 3.97. The summed E-state index contributed by atoms with van der Waals surface area (Å²) in [5.74, 6) is 0.692. The highest BCUT2D eigenvalue weighted by Gasteiger charge is 2.35. The highest BCUT2D eigenvalue weighted by atomic mass is 35.5. The molecule has 1 aromatic heterocycles. The molecule has 1 aromatic rings. The summed E-state index contributed by atoms with van der Waals surface area (Å²) >= 11 is 6.12. The van der Waals surface area contributed by atoms with Crippen LogP contribution in [0.15, 0.2) is 6.20 Å². The lowest BCUT2D eigenvalue weighted by Gasteiger charge is -2.16. The van der Waals surface area contributed by atoms with Gasteiger partial charge in [-0.3, -0.25) is 9.48 Å². The molecule has 2 atom stereocenters. The molecule has 0 N–H and O–H groups in total. The van der Waals surface area contributed by atoms with E-state index in [1.807, 2.05) is 18.5 Å². The van der Waals surface area contributed by atoms with Gasteiger partial charge >= 0.3 is 0 Å². The fourth-order valence-electron chi connectivity index (χ4n) is 2.37. The molecule has 15 heavy (non-hydrogen) atoms. The van der Waals surface area contributed by atoms with Crippen molar-refractivity contribution in [2.45, 2.75) is 39.2 Å². The average Bonchev–Trinajstić information content (AvgIpc) is 2.73. The number of carbonyl (C=O) groups is 1. The molecule has 1 fully saturated rings. The van der Waals surface area contributed by atoms with Crippen LogP contribution in [0.2, 0.25) is 5.02 Å². The zero-order valence-corrected chi connectivity index (χ0v) is 9.79. The third-order valence-electron chi connectivity index (χ3n) is 3.30. The topological polar surface area (TPSA) is 34.9 Å². The zero-order chi connectivity index (χ0) is 11.0. The van der Waals surface area contributed by atoms with Gasteiger partial charge in [0.1, 0.15) is 5.78 Å². The number of hydrogen-bond acceptors (Lipinski definition) is 2. The third kappa shape index (κ3) is 1.69. The van der Waals surface area contributed by atoms with E-state index >= 15 is 0 Å². The van der Waals surface area contributed by atoms with Gasteiger partial charge in [-0.05, 0) is 13.3 Å². The van der Waals surface area contributed by atoms with Gasteiger partial charge in [0.2, 0.25) is 0 Å². The van der Waals surface area contributed by atoms with Gasteiger partial charge in [-0.25, -0.2) is 0 Å². The molecule has 4 heteroatoms. The molecule has 1 saturated carbocycles. The number of carbonyl (C=O) groups excluding carboxylic acids is 1. The molecule has 82 valence electrons. The van der Waals surface area contributed by atoms with E-state index in [2.05, 4.69) is 5.10 Å². The number of ketones is 1. The lowest BCUT2D eigenvalue weighted by Crippen LogP contribution is -2.14. The molecular weight excluding hydrogens is 212 g/mol. The van der Waals surface area contributed by atoms with Crippen molar-refractivity contribution in [3.8, 4) is 0 Å². The molecule has 0 saturated heterocycles. The number of hydrogen-bond donors (Lipinski definition) is 0. The van der Waals surface area contributed by atoms with Gasteiger partial charge < -0.3 is 0 Å². The van der Waals surface area contributed by atoms with Gasteiger partial charge in [0.25, 0.3) is 0 Å². The van der Waals surface area contributed by atoms with E-state index in [1.54, 1.807) is 6.20 Å². The minimum atomic E-state index is 0.0875. The first-order valence-corrected chi connectivity index (χ1v) is 5.76. The van der Waals surface area contributed by atoms with Crippen LogP contribution in [-0.2, 0) is 11.3 Å². The SMILES string of the molecule is CCn1ncc(Cl)c1C1CCC(=O)C1C. The van der Waals surface area contributed by atoms with Crippen LogP contribution in [0.25, 0.3) is 0 Å². The van der Waals surface area contributed by atoms with Gasteiger partial charge in [-0.2, -0.15) is 5.10 Å². The average molecular weight is 227 g/mol. The first-order chi connectivity index (χ1) is 7.15. The van der Waals surface area contributed by atoms with Crippen molar-refractivity contribution in [3.63, 3.8) is 0 Å². The molecular formula is C11H15ClN2O. The first kappa shape index (κ1) is 10.7. The second-order valence-corrected chi connectivity index (χ2v) is 4.50. The van der Waals surface area contributed by atoms with Crippen molar-refractivity contribution in [1.82, 2.24) is 9.78 Å². The smallest absolute Gasteiger partial charge is 0.136 e. The van der Waals surface area contributed by atoms with Crippen LogP contribution in [-0.4, -0.2) is 15.6 Å². The highest BCUT2D eigenvalue weighted by Crippen LogP contribution is 2.39. The molecule has 0 spiro atoms. The first-order valence-electron chi connectivity index (χ1n) is 5.39. The lowest BCUT2D eigenvalue weighted by molar-refractivity contribution is -0.120. The van der Waals surface area contributed by atoms with E-state index in [0.29, 0.717) is 17.2 Å². The minimum absolute atomic E-state index is 0.0875. The molecule has 0 radical (unpaired) electrons. The highest BCUT2D eigenvalue weighted by molar-refractivity contribution is 6.31. The number of halogens is 1. The van der Waals surface area contributed by atoms with Crippen LogP contribution in [0.5, 0.6) is 0 Å². The maximum absolute atomic E-state index is 11.5. The van der Waals surface area contributed by atoms with Crippen molar-refractivity contribution in [2.24, 2.45) is 5.92 Å². The van der Waals surface area contributed by atoms with Crippen LogP contribution in [0.4, 0.5) is 0 Å². The molecule has 0 amide bonds. The summed E-state index contributed by atoms with van der Waals surface area (Å²) in [5, 5.41) is 4.91. The Labute approximate surface area is 94.4 Å². The molecule has 1 aliphatic carbocycles. The van der Waals surface area contributed by atoms with Crippen LogP contribution >= 0.6 is 11.6 Å². The number of aromatic nitrogens is 2. The minimum Gasteiger partial charge on any atom is -0.299 e. The Balaban J connectivity index is 2.36. The monoisotopic (exact) mass is 226 g/mol. The van der Waals surface area contributed by atoms with Gasteiger partial charge in [0.05, 0.1) is 16.9 Å². The Morgan fingerprint density at radius 2 is 2.40 bits per heavy atom. The van der Waals surface area contributed by atoms with Crippen LogP contribution in [0.3, 0.4) is 0 Å². The number of aryl methyl sites for hydroxylation is 1. The van der Waals surface area contributed by atoms with E-state index in [0.717, 1.165) is 18.7 Å². The number of nitrogens with zero attached hydrogens (tertiary/aromatic N) is 2. The second-order valence-electron chi connectivity index (χ2n) is 4.09. The fourth-order valence-corrected chi connectivity index (χ4v) is 2.65. The van der Waals surface area contributed by atoms with Crippen LogP contribution < -0.4 is 0 Å². The summed E-state index contributed by atoms with van der Waals surface area (Å²) in [6, 6.07) is 0. The predicted molar refractivity (Wildman–Crippen MR) is 59.1 cm³/mol. The largest absolute Gasteiger partial charge is 0.299 e. The van der Waals surface area contributed by atoms with Gasteiger partial charge in [0.15, 0.2) is 0 Å². The molecule has 1 heterocycles. The Kier molecular flexibility index (Phi) is 2.83. The zero-order valence-electron chi connectivity index (χ0n) is 9.03. The van der Waals surface area contributed by atoms with E-state index < -0.39 is 0 Å². The van der Waals surface area contributed by atoms with Crippen molar-refractivity contribution in [2.75, 3.05) is 0 Å². The summed E-state index contributed by atoms with van der Waals surface area (Å²) in [5.41, 5.74) is 1.04. The summed E-state index contributed by atoms with van der Waals surface area (Å²) < 4.78 is 1.90. The Morgan fingerprint density at radius 1 is 1.67 bits per heavy atom. The summed E-state index contributed by atoms with van der Waals surface area (Å²) in [6.45, 7) is 4.83. The summed E-state index contributed by atoms with van der Waals surface area (Å²) in [7, 11) is 0. The Morgan fingerprint density at radius 3 is 2.93 bits per heavy atom. The number of rotatable bonds is 2. The molecule has 3 nitrogen and oxygen atoms in total. The predicted octanol–water partition coefficient (Wildman–Crippen LogP) is 2.64. The molecule has 2 unspecified atom stereocenters. The van der Waals surface area contributed by atoms with Crippen molar-refractivity contribution < 1.29 is 4.79 Å². The van der Waals surface area contributed by atoms with Crippen LogP contribution in [0.1, 0.15) is 38.3 Å². The van der Waals surface area contributed by atoms with Gasteiger partial charge in [-0.15, -0.1) is 0 Å². The molecule has 0 aromatic carbocycles. The maximum atomic E-state index is 11.5. The third-order valence-corrected chi connectivity index (χ3v) is 3.59. The normalized spacial score (nSPS) is 26.2. The number of Topliss-reactive ketones (excluding diaryl/α,β-unsaturated/α-hetero) is 1. The van der Waals surface area contributed by atoms with Crippen molar-refractivity contribution >= 4 is 17.4 Å². The van der Waals surface area contributed by atoms with Crippen molar-refractivity contribution in [1.29, 1.82) is 0 Å². The fraction of sp³-hybridized carbons (Fsp3) is 0.636.